The highest BCUT2D eigenvalue weighted by molar-refractivity contribution is 14.0. The Bertz CT molecular complexity index is 662. The van der Waals surface area contributed by atoms with Crippen LogP contribution in [0.3, 0.4) is 0 Å². The van der Waals surface area contributed by atoms with Crippen LogP contribution in [-0.2, 0) is 13.0 Å². The average Bonchev–Trinajstić information content (AvgIpc) is 2.48. The van der Waals surface area contributed by atoms with E-state index in [9.17, 15) is 4.39 Å². The molecular formula is C16H18ClFIN3. The second-order valence-corrected chi connectivity index (χ2v) is 5.04. The number of aliphatic imine (C=N–C) groups is 1. The minimum atomic E-state index is -0.438. The molecule has 0 aliphatic rings. The van der Waals surface area contributed by atoms with E-state index in [2.05, 4.69) is 23.3 Å². The smallest absolute Gasteiger partial charge is 0.193 e. The van der Waals surface area contributed by atoms with Crippen LogP contribution in [0.15, 0.2) is 47.5 Å². The van der Waals surface area contributed by atoms with E-state index in [0.29, 0.717) is 12.5 Å². The molecule has 0 saturated heterocycles. The lowest BCUT2D eigenvalue weighted by Crippen LogP contribution is -2.22. The number of anilines is 1. The molecule has 0 atom stereocenters. The second-order valence-electron chi connectivity index (χ2n) is 4.63. The number of nitrogens with one attached hydrogen (secondary N) is 1. The van der Waals surface area contributed by atoms with Gasteiger partial charge in [0.15, 0.2) is 5.96 Å². The van der Waals surface area contributed by atoms with Crippen LogP contribution >= 0.6 is 35.6 Å². The summed E-state index contributed by atoms with van der Waals surface area (Å²) >= 11 is 5.72. The first-order valence-corrected chi connectivity index (χ1v) is 7.06. The Labute approximate surface area is 151 Å². The van der Waals surface area contributed by atoms with Crippen LogP contribution in [0.4, 0.5) is 10.1 Å². The standard InChI is InChI=1S/C16H17ClFN3.HI/c1-2-11-4-3-5-13(8-11)21-16(19)20-10-12-6-7-15(18)14(17)9-12;/h3-9H,2,10H2,1H3,(H3,19,20,21);1H. The Balaban J connectivity index is 0.00000242. The fraction of sp³-hybridized carbons (Fsp3) is 0.188. The molecule has 6 heteroatoms. The van der Waals surface area contributed by atoms with Crippen molar-refractivity contribution in [2.45, 2.75) is 19.9 Å². The Morgan fingerprint density at radius 3 is 2.68 bits per heavy atom. The highest BCUT2D eigenvalue weighted by Gasteiger charge is 2.01. The molecule has 0 amide bonds. The van der Waals surface area contributed by atoms with Crippen LogP contribution < -0.4 is 11.1 Å². The van der Waals surface area contributed by atoms with Crippen molar-refractivity contribution in [2.24, 2.45) is 10.7 Å². The summed E-state index contributed by atoms with van der Waals surface area (Å²) in [5.74, 6) is -0.129. The van der Waals surface area contributed by atoms with Gasteiger partial charge in [0.05, 0.1) is 11.6 Å². The van der Waals surface area contributed by atoms with Crippen molar-refractivity contribution >= 4 is 47.2 Å². The molecule has 118 valence electrons. The van der Waals surface area contributed by atoms with Crippen LogP contribution in [0.25, 0.3) is 0 Å². The van der Waals surface area contributed by atoms with Gasteiger partial charge in [0.1, 0.15) is 5.82 Å². The molecule has 0 unspecified atom stereocenters. The summed E-state index contributed by atoms with van der Waals surface area (Å²) in [6.45, 7) is 2.43. The number of halogens is 3. The minimum Gasteiger partial charge on any atom is -0.370 e. The molecule has 0 aromatic heterocycles. The minimum absolute atomic E-state index is 0. The number of benzene rings is 2. The van der Waals surface area contributed by atoms with Crippen LogP contribution in [0.1, 0.15) is 18.1 Å². The monoisotopic (exact) mass is 433 g/mol. The summed E-state index contributed by atoms with van der Waals surface area (Å²) in [7, 11) is 0. The third-order valence-corrected chi connectivity index (χ3v) is 3.31. The van der Waals surface area contributed by atoms with E-state index in [0.717, 1.165) is 17.7 Å². The molecule has 0 spiro atoms. The van der Waals surface area contributed by atoms with Crippen LogP contribution in [0, 0.1) is 5.82 Å². The van der Waals surface area contributed by atoms with Crippen molar-refractivity contribution in [3.05, 3.63) is 64.4 Å². The van der Waals surface area contributed by atoms with Crippen molar-refractivity contribution in [3.8, 4) is 0 Å². The molecule has 0 heterocycles. The molecule has 0 saturated carbocycles. The largest absolute Gasteiger partial charge is 0.370 e. The van der Waals surface area contributed by atoms with Gasteiger partial charge in [0.2, 0.25) is 0 Å². The number of hydrogen-bond acceptors (Lipinski definition) is 1. The van der Waals surface area contributed by atoms with Gasteiger partial charge in [-0.05, 0) is 41.8 Å². The maximum Gasteiger partial charge on any atom is 0.193 e. The predicted octanol–water partition coefficient (Wildman–Crippen LogP) is 4.59. The van der Waals surface area contributed by atoms with Gasteiger partial charge < -0.3 is 11.1 Å². The summed E-state index contributed by atoms with van der Waals surface area (Å²) in [5.41, 5.74) is 8.76. The van der Waals surface area contributed by atoms with E-state index in [-0.39, 0.29) is 29.0 Å². The summed E-state index contributed by atoms with van der Waals surface area (Å²) in [4.78, 5) is 4.22. The summed E-state index contributed by atoms with van der Waals surface area (Å²) < 4.78 is 13.1. The maximum atomic E-state index is 13.1. The van der Waals surface area contributed by atoms with Gasteiger partial charge in [-0.25, -0.2) is 9.38 Å². The number of guanidine groups is 1. The zero-order chi connectivity index (χ0) is 15.2. The van der Waals surface area contributed by atoms with Crippen molar-refractivity contribution < 1.29 is 4.39 Å². The molecule has 0 aliphatic heterocycles. The second kappa shape index (κ2) is 8.95. The van der Waals surface area contributed by atoms with Crippen molar-refractivity contribution in [2.75, 3.05) is 5.32 Å². The van der Waals surface area contributed by atoms with Crippen LogP contribution in [0.5, 0.6) is 0 Å². The van der Waals surface area contributed by atoms with Crippen molar-refractivity contribution in [1.29, 1.82) is 0 Å². The van der Waals surface area contributed by atoms with E-state index in [1.54, 1.807) is 12.1 Å². The summed E-state index contributed by atoms with van der Waals surface area (Å²) in [6.07, 6.45) is 0.959. The van der Waals surface area contributed by atoms with Crippen molar-refractivity contribution in [3.63, 3.8) is 0 Å². The molecule has 2 rings (SSSR count). The summed E-state index contributed by atoms with van der Waals surface area (Å²) in [5, 5.41) is 3.12. The Morgan fingerprint density at radius 2 is 2.00 bits per heavy atom. The molecular weight excluding hydrogens is 416 g/mol. The highest BCUT2D eigenvalue weighted by Crippen LogP contribution is 2.16. The molecule has 0 bridgehead atoms. The lowest BCUT2D eigenvalue weighted by molar-refractivity contribution is 0.627. The molecule has 3 nitrogen and oxygen atoms in total. The van der Waals surface area contributed by atoms with Gasteiger partial charge in [0.25, 0.3) is 0 Å². The average molecular weight is 434 g/mol. The lowest BCUT2D eigenvalue weighted by Gasteiger charge is -2.07. The number of rotatable bonds is 4. The summed E-state index contributed by atoms with van der Waals surface area (Å²) in [6, 6.07) is 12.5. The lowest BCUT2D eigenvalue weighted by atomic mass is 10.1. The highest BCUT2D eigenvalue weighted by atomic mass is 127. The zero-order valence-electron chi connectivity index (χ0n) is 12.1. The Morgan fingerprint density at radius 1 is 1.23 bits per heavy atom. The third-order valence-electron chi connectivity index (χ3n) is 3.02. The predicted molar refractivity (Wildman–Crippen MR) is 102 cm³/mol. The maximum absolute atomic E-state index is 13.1. The Hall–Kier alpha value is -1.34. The third kappa shape index (κ3) is 5.46. The van der Waals surface area contributed by atoms with Crippen LogP contribution in [-0.4, -0.2) is 5.96 Å². The van der Waals surface area contributed by atoms with Crippen molar-refractivity contribution in [1.82, 2.24) is 0 Å². The molecule has 2 aromatic rings. The molecule has 0 aliphatic carbocycles. The van der Waals surface area contributed by atoms with Gasteiger partial charge in [0, 0.05) is 5.69 Å². The fourth-order valence-electron chi connectivity index (χ4n) is 1.87. The molecule has 0 fully saturated rings. The Kier molecular flexibility index (Phi) is 7.61. The molecule has 0 radical (unpaired) electrons. The number of nitrogens with zero attached hydrogens (tertiary/aromatic N) is 1. The van der Waals surface area contributed by atoms with Gasteiger partial charge in [-0.3, -0.25) is 0 Å². The van der Waals surface area contributed by atoms with Crippen LogP contribution in [0.2, 0.25) is 5.02 Å². The van der Waals surface area contributed by atoms with E-state index >= 15 is 0 Å². The topological polar surface area (TPSA) is 50.4 Å². The van der Waals surface area contributed by atoms with Gasteiger partial charge in [-0.2, -0.15) is 0 Å². The SMILES string of the molecule is CCc1cccc(NC(N)=NCc2ccc(F)c(Cl)c2)c1.I. The fourth-order valence-corrected chi connectivity index (χ4v) is 2.07. The van der Waals surface area contributed by atoms with E-state index in [1.165, 1.54) is 11.6 Å². The normalized spacial score (nSPS) is 11.0. The van der Waals surface area contributed by atoms with E-state index < -0.39 is 5.82 Å². The first-order valence-electron chi connectivity index (χ1n) is 6.68. The van der Waals surface area contributed by atoms with Gasteiger partial charge in [-0.1, -0.05) is 36.7 Å². The van der Waals surface area contributed by atoms with Gasteiger partial charge in [-0.15, -0.1) is 24.0 Å². The molecule has 22 heavy (non-hydrogen) atoms. The van der Waals surface area contributed by atoms with E-state index in [4.69, 9.17) is 17.3 Å². The first kappa shape index (κ1) is 18.7. The quantitative estimate of drug-likeness (QED) is 0.421. The van der Waals surface area contributed by atoms with E-state index in [1.807, 2.05) is 18.2 Å². The molecule has 2 aromatic carbocycles. The number of nitrogens with two attached hydrogens (primary N) is 1. The molecule has 3 N–H and O–H groups in total. The van der Waals surface area contributed by atoms with Gasteiger partial charge >= 0.3 is 0 Å². The number of aryl methyl sites for hydroxylation is 1. The number of hydrogen-bond donors (Lipinski definition) is 2. The zero-order valence-corrected chi connectivity index (χ0v) is 15.2. The first-order chi connectivity index (χ1) is 10.1.